The molecule has 0 unspecified atom stereocenters. The fourth-order valence-corrected chi connectivity index (χ4v) is 4.40. The van der Waals surface area contributed by atoms with Crippen LogP contribution < -0.4 is 15.4 Å². The van der Waals surface area contributed by atoms with Gasteiger partial charge in [-0.05, 0) is 18.9 Å². The molecule has 0 bridgehead atoms. The van der Waals surface area contributed by atoms with E-state index in [0.29, 0.717) is 6.54 Å². The fraction of sp³-hybridized carbons (Fsp3) is 0.429. The molecule has 10 heteroatoms. The Hall–Kier alpha value is -1.84. The zero-order chi connectivity index (χ0) is 17.3. The largest absolute Gasteiger partial charge is 0.383 e. The fourth-order valence-electron chi connectivity index (χ4n) is 2.81. The molecule has 0 radical (unpaired) electrons. The van der Waals surface area contributed by atoms with E-state index in [1.165, 1.54) is 12.3 Å². The van der Waals surface area contributed by atoms with Crippen LogP contribution in [0.3, 0.4) is 0 Å². The normalized spacial score (nSPS) is 18.8. The van der Waals surface area contributed by atoms with Crippen LogP contribution in [0.4, 0.5) is 11.5 Å². The number of aryl methyl sites for hydroxylation is 1. The number of hydrogen-bond acceptors (Lipinski definition) is 6. The zero-order valence-electron chi connectivity index (χ0n) is 13.2. The second kappa shape index (κ2) is 6.58. The molecule has 0 aromatic carbocycles. The van der Waals surface area contributed by atoms with Gasteiger partial charge in [-0.1, -0.05) is 11.6 Å². The van der Waals surface area contributed by atoms with Crippen molar-refractivity contribution in [3.8, 4) is 0 Å². The molecule has 0 saturated carbocycles. The topological polar surface area (TPSA) is 106 Å². The maximum absolute atomic E-state index is 12.6. The monoisotopic (exact) mass is 370 g/mol. The van der Waals surface area contributed by atoms with Gasteiger partial charge in [0, 0.05) is 38.6 Å². The molecule has 1 saturated heterocycles. The number of pyridine rings is 1. The first-order valence-corrected chi connectivity index (χ1v) is 9.38. The van der Waals surface area contributed by atoms with E-state index in [1.807, 2.05) is 13.2 Å². The van der Waals surface area contributed by atoms with Gasteiger partial charge in [-0.25, -0.2) is 18.1 Å². The van der Waals surface area contributed by atoms with E-state index in [2.05, 4.69) is 19.7 Å². The lowest BCUT2D eigenvalue weighted by molar-refractivity contribution is 0.466. The average Bonchev–Trinajstić information content (AvgIpc) is 2.96. The van der Waals surface area contributed by atoms with E-state index in [4.69, 9.17) is 17.3 Å². The summed E-state index contributed by atoms with van der Waals surface area (Å²) in [5, 5.41) is 4.38. The summed E-state index contributed by atoms with van der Waals surface area (Å²) in [6, 6.07) is 1.09. The SMILES string of the molecule is Cn1cc(N2CCC[C@H](NS(=O)(=O)c3cc(Cl)cnc3N)C2)cn1. The minimum Gasteiger partial charge on any atom is -0.383 e. The number of sulfonamides is 1. The van der Waals surface area contributed by atoms with Crippen molar-refractivity contribution < 1.29 is 8.42 Å². The second-order valence-corrected chi connectivity index (χ2v) is 7.93. The van der Waals surface area contributed by atoms with Crippen molar-refractivity contribution in [1.82, 2.24) is 19.5 Å². The van der Waals surface area contributed by atoms with Gasteiger partial charge < -0.3 is 10.6 Å². The third-order valence-corrected chi connectivity index (χ3v) is 5.69. The van der Waals surface area contributed by atoms with Crippen LogP contribution >= 0.6 is 11.6 Å². The summed E-state index contributed by atoms with van der Waals surface area (Å²) >= 11 is 5.84. The van der Waals surface area contributed by atoms with E-state index >= 15 is 0 Å². The molecule has 130 valence electrons. The minimum absolute atomic E-state index is 0.0631. The Bertz CT molecular complexity index is 838. The van der Waals surface area contributed by atoms with Crippen molar-refractivity contribution in [3.63, 3.8) is 0 Å². The van der Waals surface area contributed by atoms with Gasteiger partial charge in [-0.15, -0.1) is 0 Å². The van der Waals surface area contributed by atoms with Crippen LogP contribution in [0.5, 0.6) is 0 Å². The van der Waals surface area contributed by atoms with Gasteiger partial charge in [0.25, 0.3) is 0 Å². The average molecular weight is 371 g/mol. The van der Waals surface area contributed by atoms with Crippen LogP contribution in [-0.4, -0.2) is 42.3 Å². The number of anilines is 2. The number of aromatic nitrogens is 3. The number of piperidine rings is 1. The lowest BCUT2D eigenvalue weighted by Crippen LogP contribution is -2.47. The Morgan fingerprint density at radius 3 is 2.92 bits per heavy atom. The molecule has 3 N–H and O–H groups in total. The highest BCUT2D eigenvalue weighted by Crippen LogP contribution is 2.23. The zero-order valence-corrected chi connectivity index (χ0v) is 14.8. The number of nitrogens with two attached hydrogens (primary N) is 1. The van der Waals surface area contributed by atoms with Crippen LogP contribution in [0.1, 0.15) is 12.8 Å². The number of hydrogen-bond donors (Lipinski definition) is 2. The third-order valence-electron chi connectivity index (χ3n) is 3.94. The Balaban J connectivity index is 1.76. The van der Waals surface area contributed by atoms with Crippen molar-refractivity contribution in [2.75, 3.05) is 23.7 Å². The van der Waals surface area contributed by atoms with E-state index in [1.54, 1.807) is 10.9 Å². The summed E-state index contributed by atoms with van der Waals surface area (Å²) in [5.41, 5.74) is 6.67. The van der Waals surface area contributed by atoms with Crippen LogP contribution in [0.25, 0.3) is 0 Å². The first kappa shape index (κ1) is 17.0. The van der Waals surface area contributed by atoms with Gasteiger partial charge in [-0.2, -0.15) is 5.10 Å². The van der Waals surface area contributed by atoms with Gasteiger partial charge in [0.1, 0.15) is 10.7 Å². The number of rotatable bonds is 4. The van der Waals surface area contributed by atoms with Crippen molar-refractivity contribution in [3.05, 3.63) is 29.7 Å². The summed E-state index contributed by atoms with van der Waals surface area (Å²) < 4.78 is 29.6. The molecule has 1 aliphatic heterocycles. The van der Waals surface area contributed by atoms with Crippen LogP contribution in [0, 0.1) is 0 Å². The maximum Gasteiger partial charge on any atom is 0.244 e. The van der Waals surface area contributed by atoms with E-state index < -0.39 is 10.0 Å². The molecule has 0 spiro atoms. The molecule has 24 heavy (non-hydrogen) atoms. The first-order chi connectivity index (χ1) is 11.3. The molecule has 1 fully saturated rings. The van der Waals surface area contributed by atoms with Gasteiger partial charge >= 0.3 is 0 Å². The quantitative estimate of drug-likeness (QED) is 0.831. The van der Waals surface area contributed by atoms with Gasteiger partial charge in [0.15, 0.2) is 0 Å². The summed E-state index contributed by atoms with van der Waals surface area (Å²) in [6.07, 6.45) is 6.64. The molecular weight excluding hydrogens is 352 g/mol. The number of halogens is 1. The molecule has 0 amide bonds. The molecule has 3 rings (SSSR count). The smallest absolute Gasteiger partial charge is 0.244 e. The number of nitrogens with zero attached hydrogens (tertiary/aromatic N) is 4. The highest BCUT2D eigenvalue weighted by Gasteiger charge is 2.27. The Morgan fingerprint density at radius 1 is 1.42 bits per heavy atom. The third kappa shape index (κ3) is 3.63. The second-order valence-electron chi connectivity index (χ2n) is 5.82. The molecule has 8 nitrogen and oxygen atoms in total. The summed E-state index contributed by atoms with van der Waals surface area (Å²) in [6.45, 7) is 1.43. The minimum atomic E-state index is -3.78. The predicted molar refractivity (Wildman–Crippen MR) is 92.4 cm³/mol. The molecule has 0 aliphatic carbocycles. The van der Waals surface area contributed by atoms with Crippen molar-refractivity contribution in [2.24, 2.45) is 7.05 Å². The Morgan fingerprint density at radius 2 is 2.21 bits per heavy atom. The molecule has 2 aromatic heterocycles. The first-order valence-electron chi connectivity index (χ1n) is 7.52. The lowest BCUT2D eigenvalue weighted by atomic mass is 10.1. The molecule has 1 atom stereocenters. The van der Waals surface area contributed by atoms with E-state index in [9.17, 15) is 8.42 Å². The van der Waals surface area contributed by atoms with Crippen LogP contribution in [0.2, 0.25) is 5.02 Å². The highest BCUT2D eigenvalue weighted by molar-refractivity contribution is 7.89. The van der Waals surface area contributed by atoms with Crippen LogP contribution in [-0.2, 0) is 17.1 Å². The summed E-state index contributed by atoms with van der Waals surface area (Å²) in [4.78, 5) is 5.83. The van der Waals surface area contributed by atoms with E-state index in [0.717, 1.165) is 25.1 Å². The van der Waals surface area contributed by atoms with Crippen molar-refractivity contribution in [1.29, 1.82) is 0 Å². The van der Waals surface area contributed by atoms with Gasteiger partial charge in [-0.3, -0.25) is 4.68 Å². The van der Waals surface area contributed by atoms with Crippen molar-refractivity contribution in [2.45, 2.75) is 23.8 Å². The highest BCUT2D eigenvalue weighted by atomic mass is 35.5. The maximum atomic E-state index is 12.6. The Kier molecular flexibility index (Phi) is 4.66. The predicted octanol–water partition coefficient (Wildman–Crippen LogP) is 0.998. The summed E-state index contributed by atoms with van der Waals surface area (Å²) in [5.74, 6) is -0.0631. The molecule has 2 aromatic rings. The van der Waals surface area contributed by atoms with Crippen molar-refractivity contribution >= 4 is 33.1 Å². The number of nitrogen functional groups attached to an aromatic ring is 1. The summed E-state index contributed by atoms with van der Waals surface area (Å²) in [7, 11) is -1.93. The van der Waals surface area contributed by atoms with E-state index in [-0.39, 0.29) is 21.8 Å². The molecular formula is C14H19ClN6O2S. The molecule has 3 heterocycles. The van der Waals surface area contributed by atoms with Gasteiger partial charge in [0.2, 0.25) is 10.0 Å². The lowest BCUT2D eigenvalue weighted by Gasteiger charge is -2.33. The number of nitrogens with one attached hydrogen (secondary N) is 1. The Labute approximate surface area is 145 Å². The molecule has 1 aliphatic rings. The van der Waals surface area contributed by atoms with Gasteiger partial charge in [0.05, 0.1) is 16.9 Å². The standard InChI is InChI=1S/C14H19ClN6O2S/c1-20-9-12(7-18-20)21-4-2-3-11(8-21)19-24(22,23)13-5-10(15)6-17-14(13)16/h5-7,9,11,19H,2-4,8H2,1H3,(H2,16,17)/t11-/m0/s1. The van der Waals surface area contributed by atoms with Crippen LogP contribution in [0.15, 0.2) is 29.6 Å².